The Morgan fingerprint density at radius 3 is 2.45 bits per heavy atom. The van der Waals surface area contributed by atoms with Crippen molar-refractivity contribution >= 4 is 0 Å². The first-order chi connectivity index (χ1) is 5.13. The molecule has 2 radical (unpaired) electrons. The molecule has 0 rings (SSSR count). The van der Waals surface area contributed by atoms with Crippen LogP contribution in [0.5, 0.6) is 0 Å². The molecule has 2 atom stereocenters. The molecule has 3 nitrogen and oxygen atoms in total. The van der Waals surface area contributed by atoms with E-state index in [0.717, 1.165) is 0 Å². The molecule has 0 aromatic carbocycles. The van der Waals surface area contributed by atoms with E-state index in [2.05, 4.69) is 6.92 Å². The van der Waals surface area contributed by atoms with Gasteiger partial charge in [-0.1, -0.05) is 0 Å². The van der Waals surface area contributed by atoms with E-state index in [9.17, 15) is 5.11 Å². The predicted molar refractivity (Wildman–Crippen MR) is 41.7 cm³/mol. The normalized spacial score (nSPS) is 13.9. The Labute approximate surface area is 68.3 Å². The Morgan fingerprint density at radius 2 is 2.00 bits per heavy atom. The van der Waals surface area contributed by atoms with Gasteiger partial charge in [0.15, 0.2) is 0 Å². The third-order valence-electron chi connectivity index (χ3n) is 0.983. The minimum absolute atomic E-state index is 0.0109. The van der Waals surface area contributed by atoms with Gasteiger partial charge in [0.25, 0.3) is 0 Å². The summed E-state index contributed by atoms with van der Waals surface area (Å²) >= 11 is 0. The lowest BCUT2D eigenvalue weighted by Crippen LogP contribution is -2.14. The van der Waals surface area contributed by atoms with E-state index in [1.807, 2.05) is 6.92 Å². The summed E-state index contributed by atoms with van der Waals surface area (Å²) in [5.41, 5.74) is 0. The van der Waals surface area contributed by atoms with Crippen molar-refractivity contribution in [3.8, 4) is 0 Å². The number of hydrogen-bond donors (Lipinski definition) is 0. The summed E-state index contributed by atoms with van der Waals surface area (Å²) in [6, 6.07) is 0. The molecule has 0 aliphatic heterocycles. The minimum Gasteiger partial charge on any atom is -0.376 e. The summed E-state index contributed by atoms with van der Waals surface area (Å²) < 4.78 is 10.1. The maximum Gasteiger partial charge on any atom is 0.113 e. The summed E-state index contributed by atoms with van der Waals surface area (Å²) in [5, 5.41) is 10.4. The van der Waals surface area contributed by atoms with Crippen LogP contribution < -0.4 is 0 Å². The van der Waals surface area contributed by atoms with Crippen LogP contribution in [0, 0.1) is 6.92 Å². The number of hydrogen-bond acceptors (Lipinski definition) is 2. The van der Waals surface area contributed by atoms with E-state index < -0.39 is 6.10 Å². The highest BCUT2D eigenvalue weighted by molar-refractivity contribution is 4.49. The third kappa shape index (κ3) is 9.88. The highest BCUT2D eigenvalue weighted by Gasteiger charge is 1.97. The van der Waals surface area contributed by atoms with Crippen molar-refractivity contribution in [3.05, 3.63) is 6.92 Å². The Hall–Kier alpha value is -0.120. The molecule has 0 fully saturated rings. The molecule has 0 aromatic rings. The maximum absolute atomic E-state index is 10.4. The maximum atomic E-state index is 10.4. The largest absolute Gasteiger partial charge is 0.376 e. The zero-order valence-corrected chi connectivity index (χ0v) is 7.21. The van der Waals surface area contributed by atoms with E-state index in [-0.39, 0.29) is 12.7 Å². The molecule has 0 aliphatic carbocycles. The highest BCUT2D eigenvalue weighted by Crippen LogP contribution is 1.88. The highest BCUT2D eigenvalue weighted by atomic mass is 16.5. The summed E-state index contributed by atoms with van der Waals surface area (Å²) in [7, 11) is 0. The van der Waals surface area contributed by atoms with Gasteiger partial charge in [-0.15, -0.1) is 0 Å². The molecule has 0 spiro atoms. The monoisotopic (exact) mass is 160 g/mol. The quantitative estimate of drug-likeness (QED) is 0.545. The smallest absolute Gasteiger partial charge is 0.113 e. The molecule has 0 aliphatic rings. The minimum atomic E-state index is -0.646. The van der Waals surface area contributed by atoms with Crippen LogP contribution in [0.4, 0.5) is 0 Å². The first-order valence-electron chi connectivity index (χ1n) is 3.81. The van der Waals surface area contributed by atoms with Crippen LogP contribution in [-0.4, -0.2) is 32.0 Å². The zero-order chi connectivity index (χ0) is 8.69. The van der Waals surface area contributed by atoms with Gasteiger partial charge in [0.2, 0.25) is 0 Å². The van der Waals surface area contributed by atoms with E-state index in [4.69, 9.17) is 9.47 Å². The summed E-state index contributed by atoms with van der Waals surface area (Å²) in [5.74, 6) is 0. The van der Waals surface area contributed by atoms with E-state index in [1.165, 1.54) is 0 Å². The topological polar surface area (TPSA) is 38.4 Å². The first kappa shape index (κ1) is 10.9. The number of rotatable bonds is 6. The van der Waals surface area contributed by atoms with Gasteiger partial charge in [-0.2, -0.15) is 0 Å². The molecule has 0 saturated heterocycles. The lowest BCUT2D eigenvalue weighted by Gasteiger charge is -2.07. The molecule has 3 heteroatoms. The predicted octanol–water partition coefficient (Wildman–Crippen LogP) is 1.06. The third-order valence-corrected chi connectivity index (χ3v) is 0.983. The van der Waals surface area contributed by atoms with Gasteiger partial charge in [0.1, 0.15) is 6.10 Å². The molecule has 0 bridgehead atoms. The second-order valence-corrected chi connectivity index (χ2v) is 2.57. The van der Waals surface area contributed by atoms with Gasteiger partial charge in [-0.05, 0) is 20.8 Å². The van der Waals surface area contributed by atoms with Crippen LogP contribution in [0.25, 0.3) is 0 Å². The molecular formula is C8H16O3. The van der Waals surface area contributed by atoms with Crippen molar-refractivity contribution in [1.29, 1.82) is 0 Å². The molecule has 0 heterocycles. The molecule has 0 aromatic heterocycles. The van der Waals surface area contributed by atoms with Crippen LogP contribution in [0.1, 0.15) is 13.8 Å². The molecule has 0 N–H and O–H groups in total. The summed E-state index contributed by atoms with van der Waals surface area (Å²) in [6.45, 7) is 8.31. The van der Waals surface area contributed by atoms with Gasteiger partial charge >= 0.3 is 0 Å². The first-order valence-corrected chi connectivity index (χ1v) is 3.81. The van der Waals surface area contributed by atoms with E-state index >= 15 is 0 Å². The van der Waals surface area contributed by atoms with E-state index in [0.29, 0.717) is 13.2 Å². The molecule has 0 saturated carbocycles. The molecule has 2 unspecified atom stereocenters. The second kappa shape index (κ2) is 6.58. The summed E-state index contributed by atoms with van der Waals surface area (Å²) in [6.07, 6.45) is -0.657. The Balaban J connectivity index is 2.91. The zero-order valence-electron chi connectivity index (χ0n) is 7.21. The van der Waals surface area contributed by atoms with Crippen molar-refractivity contribution in [2.75, 3.05) is 19.8 Å². The second-order valence-electron chi connectivity index (χ2n) is 2.57. The van der Waals surface area contributed by atoms with Crippen molar-refractivity contribution in [2.45, 2.75) is 26.1 Å². The molecule has 0 amide bonds. The fraction of sp³-hybridized carbons (Fsp3) is 0.875. The van der Waals surface area contributed by atoms with Crippen molar-refractivity contribution in [2.24, 2.45) is 0 Å². The average Bonchev–Trinajstić information content (AvgIpc) is 1.85. The Bertz CT molecular complexity index is 71.4. The lowest BCUT2D eigenvalue weighted by molar-refractivity contribution is -0.0206. The summed E-state index contributed by atoms with van der Waals surface area (Å²) in [4.78, 5) is 0. The fourth-order valence-corrected chi connectivity index (χ4v) is 0.558. The van der Waals surface area contributed by atoms with E-state index in [1.54, 1.807) is 6.92 Å². The van der Waals surface area contributed by atoms with Crippen molar-refractivity contribution in [3.63, 3.8) is 0 Å². The van der Waals surface area contributed by atoms with Gasteiger partial charge in [0, 0.05) is 0 Å². The molecular weight excluding hydrogens is 144 g/mol. The van der Waals surface area contributed by atoms with Crippen LogP contribution in [0.15, 0.2) is 0 Å². The van der Waals surface area contributed by atoms with Crippen LogP contribution in [-0.2, 0) is 14.6 Å². The van der Waals surface area contributed by atoms with Crippen molar-refractivity contribution < 1.29 is 14.6 Å². The van der Waals surface area contributed by atoms with Crippen molar-refractivity contribution in [1.82, 2.24) is 0 Å². The van der Waals surface area contributed by atoms with Gasteiger partial charge in [0.05, 0.1) is 25.9 Å². The van der Waals surface area contributed by atoms with Gasteiger partial charge in [-0.25, -0.2) is 5.11 Å². The average molecular weight is 160 g/mol. The Kier molecular flexibility index (Phi) is 6.51. The molecule has 66 valence electrons. The van der Waals surface area contributed by atoms with Crippen LogP contribution in [0.2, 0.25) is 0 Å². The number of ether oxygens (including phenoxy) is 2. The van der Waals surface area contributed by atoms with Gasteiger partial charge < -0.3 is 9.47 Å². The molecule has 11 heavy (non-hydrogen) atoms. The van der Waals surface area contributed by atoms with Crippen LogP contribution in [0.3, 0.4) is 0 Å². The fourth-order valence-electron chi connectivity index (χ4n) is 0.558. The SMILES string of the molecule is [CH2]C(C)OCCOCC(C)[O]. The Morgan fingerprint density at radius 1 is 1.36 bits per heavy atom. The van der Waals surface area contributed by atoms with Crippen LogP contribution >= 0.6 is 0 Å². The van der Waals surface area contributed by atoms with Gasteiger partial charge in [-0.3, -0.25) is 0 Å². The lowest BCUT2D eigenvalue weighted by atomic mass is 10.4. The standard InChI is InChI=1S/C8H16O3/c1-7(2)11-5-4-10-6-8(3)9/h7-8H,1,4-6H2,2-3H3.